The maximum atomic E-state index is 11.2. The van der Waals surface area contributed by atoms with Crippen LogP contribution in [0, 0.1) is 0 Å². The first kappa shape index (κ1) is 13.4. The first-order valence-corrected chi connectivity index (χ1v) is 6.85. The Morgan fingerprint density at radius 3 is 2.24 bits per heavy atom. The van der Waals surface area contributed by atoms with Gasteiger partial charge in [0.1, 0.15) is 0 Å². The molecule has 6 heteroatoms. The first-order chi connectivity index (χ1) is 10.3. The van der Waals surface area contributed by atoms with E-state index in [2.05, 4.69) is 27.0 Å². The molecule has 1 aliphatic rings. The van der Waals surface area contributed by atoms with E-state index < -0.39 is 5.97 Å². The minimum Gasteiger partial charge on any atom is -0.476 e. The highest BCUT2D eigenvalue weighted by atomic mass is 16.4. The fourth-order valence-corrected chi connectivity index (χ4v) is 2.53. The molecular weight excluding hydrogens is 268 g/mol. The van der Waals surface area contributed by atoms with Crippen molar-refractivity contribution in [3.63, 3.8) is 0 Å². The van der Waals surface area contributed by atoms with E-state index in [0.29, 0.717) is 5.82 Å². The zero-order valence-corrected chi connectivity index (χ0v) is 11.5. The van der Waals surface area contributed by atoms with Gasteiger partial charge in [-0.3, -0.25) is 0 Å². The summed E-state index contributed by atoms with van der Waals surface area (Å²) in [6.07, 6.45) is 2.94. The van der Waals surface area contributed by atoms with Crippen LogP contribution in [0.15, 0.2) is 42.7 Å². The number of benzene rings is 1. The minimum absolute atomic E-state index is 0.0191. The number of carboxylic acid groups (broad SMARTS) is 1. The standard InChI is InChI=1S/C15H16N4O2/c20-15(21)13-14(17-7-6-16-13)19-10-8-18(9-11-19)12-4-2-1-3-5-12/h1-7H,8-11H2,(H,20,21). The molecule has 0 aliphatic carbocycles. The molecule has 0 unspecified atom stereocenters. The summed E-state index contributed by atoms with van der Waals surface area (Å²) < 4.78 is 0. The van der Waals surface area contributed by atoms with Crippen molar-refractivity contribution in [2.24, 2.45) is 0 Å². The molecule has 21 heavy (non-hydrogen) atoms. The molecule has 3 rings (SSSR count). The van der Waals surface area contributed by atoms with Crippen LogP contribution in [0.5, 0.6) is 0 Å². The third-order valence-corrected chi connectivity index (χ3v) is 3.58. The highest BCUT2D eigenvalue weighted by Crippen LogP contribution is 2.20. The minimum atomic E-state index is -1.04. The van der Waals surface area contributed by atoms with E-state index in [1.165, 1.54) is 18.1 Å². The highest BCUT2D eigenvalue weighted by Gasteiger charge is 2.23. The van der Waals surface area contributed by atoms with Gasteiger partial charge in [0.15, 0.2) is 11.5 Å². The molecule has 0 saturated carbocycles. The largest absolute Gasteiger partial charge is 0.476 e. The van der Waals surface area contributed by atoms with Gasteiger partial charge >= 0.3 is 5.97 Å². The molecule has 1 N–H and O–H groups in total. The predicted octanol–water partition coefficient (Wildman–Crippen LogP) is 1.50. The summed E-state index contributed by atoms with van der Waals surface area (Å²) in [6.45, 7) is 3.13. The lowest BCUT2D eigenvalue weighted by Crippen LogP contribution is -2.47. The second-order valence-electron chi connectivity index (χ2n) is 4.84. The van der Waals surface area contributed by atoms with E-state index in [1.807, 2.05) is 23.1 Å². The summed E-state index contributed by atoms with van der Waals surface area (Å²) in [5.74, 6) is -0.582. The van der Waals surface area contributed by atoms with Crippen LogP contribution in [0.2, 0.25) is 0 Å². The number of para-hydroxylation sites is 1. The molecule has 0 bridgehead atoms. The van der Waals surface area contributed by atoms with Gasteiger partial charge in [0.2, 0.25) is 0 Å². The van der Waals surface area contributed by atoms with Crippen LogP contribution in [0.25, 0.3) is 0 Å². The first-order valence-electron chi connectivity index (χ1n) is 6.85. The van der Waals surface area contributed by atoms with Crippen LogP contribution in [0.4, 0.5) is 11.5 Å². The number of anilines is 2. The average molecular weight is 284 g/mol. The number of hydrogen-bond donors (Lipinski definition) is 1. The normalized spacial score (nSPS) is 15.0. The smallest absolute Gasteiger partial charge is 0.358 e. The van der Waals surface area contributed by atoms with Crippen LogP contribution in [-0.2, 0) is 0 Å². The summed E-state index contributed by atoms with van der Waals surface area (Å²) in [6, 6.07) is 10.2. The lowest BCUT2D eigenvalue weighted by Gasteiger charge is -2.36. The Hall–Kier alpha value is -2.63. The van der Waals surface area contributed by atoms with Crippen molar-refractivity contribution in [2.75, 3.05) is 36.0 Å². The van der Waals surface area contributed by atoms with Crippen LogP contribution in [0.1, 0.15) is 10.5 Å². The van der Waals surface area contributed by atoms with Gasteiger partial charge in [-0.05, 0) is 12.1 Å². The second kappa shape index (κ2) is 5.78. The SMILES string of the molecule is O=C(O)c1nccnc1N1CCN(c2ccccc2)CC1. The average Bonchev–Trinajstić information content (AvgIpc) is 2.56. The molecule has 1 aliphatic heterocycles. The molecule has 6 nitrogen and oxygen atoms in total. The monoisotopic (exact) mass is 284 g/mol. The van der Waals surface area contributed by atoms with Gasteiger partial charge in [-0.15, -0.1) is 0 Å². The number of aromatic carboxylic acids is 1. The fraction of sp³-hybridized carbons (Fsp3) is 0.267. The number of rotatable bonds is 3. The van der Waals surface area contributed by atoms with Crippen LogP contribution in [-0.4, -0.2) is 47.2 Å². The molecule has 1 saturated heterocycles. The zero-order valence-electron chi connectivity index (χ0n) is 11.5. The predicted molar refractivity (Wildman–Crippen MR) is 79.9 cm³/mol. The Morgan fingerprint density at radius 1 is 0.952 bits per heavy atom. The van der Waals surface area contributed by atoms with E-state index in [4.69, 9.17) is 0 Å². The number of aromatic nitrogens is 2. The maximum Gasteiger partial charge on any atom is 0.358 e. The number of nitrogens with zero attached hydrogens (tertiary/aromatic N) is 4. The van der Waals surface area contributed by atoms with Crippen LogP contribution < -0.4 is 9.80 Å². The van der Waals surface area contributed by atoms with Crippen molar-refractivity contribution < 1.29 is 9.90 Å². The topological polar surface area (TPSA) is 69.6 Å². The van der Waals surface area contributed by atoms with Crippen molar-refractivity contribution in [2.45, 2.75) is 0 Å². The quantitative estimate of drug-likeness (QED) is 0.921. The second-order valence-corrected chi connectivity index (χ2v) is 4.84. The Bertz CT molecular complexity index is 625. The van der Waals surface area contributed by atoms with E-state index >= 15 is 0 Å². The van der Waals surface area contributed by atoms with Crippen molar-refractivity contribution in [3.05, 3.63) is 48.4 Å². The fourth-order valence-electron chi connectivity index (χ4n) is 2.53. The van der Waals surface area contributed by atoms with E-state index in [9.17, 15) is 9.90 Å². The molecule has 0 amide bonds. The Morgan fingerprint density at radius 2 is 1.57 bits per heavy atom. The summed E-state index contributed by atoms with van der Waals surface area (Å²) >= 11 is 0. The van der Waals surface area contributed by atoms with Crippen molar-refractivity contribution >= 4 is 17.5 Å². The number of carboxylic acids is 1. The summed E-state index contributed by atoms with van der Waals surface area (Å²) in [4.78, 5) is 23.6. The van der Waals surface area contributed by atoms with Gasteiger partial charge in [0.05, 0.1) is 0 Å². The third-order valence-electron chi connectivity index (χ3n) is 3.58. The van der Waals surface area contributed by atoms with Gasteiger partial charge < -0.3 is 14.9 Å². The number of hydrogen-bond acceptors (Lipinski definition) is 5. The van der Waals surface area contributed by atoms with Gasteiger partial charge in [-0.25, -0.2) is 14.8 Å². The van der Waals surface area contributed by atoms with Crippen molar-refractivity contribution in [3.8, 4) is 0 Å². The Balaban J connectivity index is 1.73. The van der Waals surface area contributed by atoms with Gasteiger partial charge in [-0.1, -0.05) is 18.2 Å². The molecule has 2 aromatic rings. The summed E-state index contributed by atoms with van der Waals surface area (Å²) in [7, 11) is 0. The maximum absolute atomic E-state index is 11.2. The molecule has 1 aromatic heterocycles. The van der Waals surface area contributed by atoms with Crippen molar-refractivity contribution in [1.82, 2.24) is 9.97 Å². The van der Waals surface area contributed by atoms with Crippen LogP contribution in [0.3, 0.4) is 0 Å². The molecule has 1 fully saturated rings. The van der Waals surface area contributed by atoms with E-state index in [-0.39, 0.29) is 5.69 Å². The lowest BCUT2D eigenvalue weighted by atomic mass is 10.2. The van der Waals surface area contributed by atoms with E-state index in [1.54, 1.807) is 0 Å². The van der Waals surface area contributed by atoms with Gasteiger partial charge in [0, 0.05) is 44.3 Å². The molecular formula is C15H16N4O2. The lowest BCUT2D eigenvalue weighted by molar-refractivity contribution is 0.0690. The molecule has 0 spiro atoms. The molecule has 0 atom stereocenters. The molecule has 2 heterocycles. The third kappa shape index (κ3) is 2.79. The summed E-state index contributed by atoms with van der Waals surface area (Å²) in [5.41, 5.74) is 1.21. The molecule has 0 radical (unpaired) electrons. The molecule has 108 valence electrons. The van der Waals surface area contributed by atoms with E-state index in [0.717, 1.165) is 26.2 Å². The summed E-state index contributed by atoms with van der Waals surface area (Å²) in [5, 5.41) is 9.19. The van der Waals surface area contributed by atoms with Crippen LogP contribution >= 0.6 is 0 Å². The van der Waals surface area contributed by atoms with Gasteiger partial charge in [0.25, 0.3) is 0 Å². The van der Waals surface area contributed by atoms with Gasteiger partial charge in [-0.2, -0.15) is 0 Å². The Labute approximate surface area is 122 Å². The molecule has 1 aromatic carbocycles. The highest BCUT2D eigenvalue weighted by molar-refractivity contribution is 5.91. The Kier molecular flexibility index (Phi) is 3.68. The number of piperazine rings is 1. The van der Waals surface area contributed by atoms with Crippen molar-refractivity contribution in [1.29, 1.82) is 0 Å². The zero-order chi connectivity index (χ0) is 14.7. The number of carbonyl (C=O) groups is 1.